The Hall–Kier alpha value is -1.64. The lowest BCUT2D eigenvalue weighted by Crippen LogP contribution is -2.09. The summed E-state index contributed by atoms with van der Waals surface area (Å²) in [7, 11) is 0. The summed E-state index contributed by atoms with van der Waals surface area (Å²) >= 11 is 1.12. The first-order chi connectivity index (χ1) is 7.86. The summed E-state index contributed by atoms with van der Waals surface area (Å²) in [4.78, 5) is 0. The first-order valence-corrected chi connectivity index (χ1v) is 5.37. The maximum Gasteiger partial charge on any atom is 0.435 e. The Morgan fingerprint density at radius 3 is 2.59 bits per heavy atom. The van der Waals surface area contributed by atoms with Crippen molar-refractivity contribution >= 4 is 16.5 Å². The van der Waals surface area contributed by atoms with Gasteiger partial charge in [-0.25, -0.2) is 0 Å². The van der Waals surface area contributed by atoms with Crippen LogP contribution < -0.4 is 5.73 Å². The van der Waals surface area contributed by atoms with Gasteiger partial charge in [0.2, 0.25) is 5.13 Å². The number of nitrogens with zero attached hydrogens (tertiary/aromatic N) is 4. The highest BCUT2D eigenvalue weighted by Crippen LogP contribution is 2.30. The molecule has 0 unspecified atom stereocenters. The molecule has 0 aromatic carbocycles. The van der Waals surface area contributed by atoms with Gasteiger partial charge in [-0.2, -0.15) is 18.3 Å². The van der Waals surface area contributed by atoms with Crippen molar-refractivity contribution in [1.29, 1.82) is 0 Å². The molecule has 0 radical (unpaired) electrons. The maximum absolute atomic E-state index is 12.5. The van der Waals surface area contributed by atoms with Gasteiger partial charge in [0.05, 0.1) is 6.54 Å². The van der Waals surface area contributed by atoms with E-state index in [1.54, 1.807) is 0 Å². The van der Waals surface area contributed by atoms with Gasteiger partial charge in [0.1, 0.15) is 5.01 Å². The Balaban J connectivity index is 2.24. The summed E-state index contributed by atoms with van der Waals surface area (Å²) in [5.41, 5.74) is 4.57. The molecular formula is C8H8F3N5S. The zero-order chi connectivity index (χ0) is 12.6. The fourth-order valence-electron chi connectivity index (χ4n) is 1.35. The molecule has 2 aromatic heterocycles. The van der Waals surface area contributed by atoms with Crippen molar-refractivity contribution in [2.45, 2.75) is 19.6 Å². The number of halogens is 3. The van der Waals surface area contributed by atoms with Crippen LogP contribution in [-0.4, -0.2) is 20.0 Å². The molecule has 5 nitrogen and oxygen atoms in total. The van der Waals surface area contributed by atoms with Crippen LogP contribution in [0.4, 0.5) is 18.3 Å². The molecule has 9 heteroatoms. The zero-order valence-electron chi connectivity index (χ0n) is 8.69. The number of nitrogens with two attached hydrogens (primary N) is 1. The Kier molecular flexibility index (Phi) is 2.77. The molecule has 0 aliphatic rings. The van der Waals surface area contributed by atoms with E-state index in [-0.39, 0.29) is 17.2 Å². The van der Waals surface area contributed by atoms with Crippen LogP contribution in [0.25, 0.3) is 0 Å². The maximum atomic E-state index is 12.5. The molecule has 0 saturated heterocycles. The molecule has 17 heavy (non-hydrogen) atoms. The van der Waals surface area contributed by atoms with E-state index in [1.807, 2.05) is 0 Å². The second-order valence-corrected chi connectivity index (χ2v) is 4.48. The molecule has 0 aliphatic heterocycles. The minimum atomic E-state index is -4.44. The molecule has 0 spiro atoms. The molecule has 2 N–H and O–H groups in total. The van der Waals surface area contributed by atoms with Crippen molar-refractivity contribution in [3.05, 3.63) is 22.5 Å². The molecular weight excluding hydrogens is 255 g/mol. The Morgan fingerprint density at radius 2 is 2.12 bits per heavy atom. The van der Waals surface area contributed by atoms with Crippen molar-refractivity contribution in [3.63, 3.8) is 0 Å². The third-order valence-electron chi connectivity index (χ3n) is 1.99. The molecule has 0 amide bonds. The molecule has 0 bridgehead atoms. The van der Waals surface area contributed by atoms with Crippen LogP contribution in [0.2, 0.25) is 0 Å². The van der Waals surface area contributed by atoms with Crippen LogP contribution in [-0.2, 0) is 12.7 Å². The van der Waals surface area contributed by atoms with E-state index < -0.39 is 11.9 Å². The summed E-state index contributed by atoms with van der Waals surface area (Å²) in [6.45, 7) is 1.49. The Bertz CT molecular complexity index is 529. The van der Waals surface area contributed by atoms with Crippen molar-refractivity contribution < 1.29 is 13.2 Å². The van der Waals surface area contributed by atoms with E-state index in [2.05, 4.69) is 15.3 Å². The zero-order valence-corrected chi connectivity index (χ0v) is 9.51. The highest BCUT2D eigenvalue weighted by atomic mass is 32.1. The number of aromatic nitrogens is 4. The Labute approximate surface area is 98.1 Å². The minimum absolute atomic E-state index is 0.0787. The van der Waals surface area contributed by atoms with Crippen molar-refractivity contribution in [2.24, 2.45) is 0 Å². The number of alkyl halides is 3. The molecule has 92 valence electrons. The van der Waals surface area contributed by atoms with Crippen molar-refractivity contribution in [1.82, 2.24) is 20.0 Å². The number of aryl methyl sites for hydroxylation is 1. The highest BCUT2D eigenvalue weighted by molar-refractivity contribution is 7.15. The molecule has 0 atom stereocenters. The third kappa shape index (κ3) is 2.54. The standard InChI is InChI=1S/C8H8F3N5S/c1-4-2-16(15-6(4)8(9,10)11)3-5-13-14-7(12)17-5/h2H,3H2,1H3,(H2,12,14). The van der Waals surface area contributed by atoms with Gasteiger partial charge in [-0.05, 0) is 12.5 Å². The first-order valence-electron chi connectivity index (χ1n) is 4.55. The lowest BCUT2D eigenvalue weighted by atomic mass is 10.3. The second kappa shape index (κ2) is 3.99. The van der Waals surface area contributed by atoms with Gasteiger partial charge in [0.25, 0.3) is 0 Å². The number of anilines is 1. The fraction of sp³-hybridized carbons (Fsp3) is 0.375. The molecule has 2 aromatic rings. The lowest BCUT2D eigenvalue weighted by Gasteiger charge is -2.02. The monoisotopic (exact) mass is 263 g/mol. The molecule has 2 rings (SSSR count). The summed E-state index contributed by atoms with van der Waals surface area (Å²) < 4.78 is 38.6. The van der Waals surface area contributed by atoms with E-state index >= 15 is 0 Å². The fourth-order valence-corrected chi connectivity index (χ4v) is 1.95. The summed E-state index contributed by atoms with van der Waals surface area (Å²) in [6.07, 6.45) is -3.12. The quantitative estimate of drug-likeness (QED) is 0.895. The van der Waals surface area contributed by atoms with E-state index in [0.29, 0.717) is 5.01 Å². The van der Waals surface area contributed by atoms with Gasteiger partial charge in [-0.15, -0.1) is 10.2 Å². The van der Waals surface area contributed by atoms with E-state index in [9.17, 15) is 13.2 Å². The lowest BCUT2D eigenvalue weighted by molar-refractivity contribution is -0.141. The molecule has 0 aliphatic carbocycles. The molecule has 0 fully saturated rings. The smallest absolute Gasteiger partial charge is 0.374 e. The van der Waals surface area contributed by atoms with Crippen LogP contribution in [0.3, 0.4) is 0 Å². The number of rotatable bonds is 2. The predicted octanol–water partition coefficient (Wildman–Crippen LogP) is 1.69. The van der Waals surface area contributed by atoms with E-state index in [4.69, 9.17) is 5.73 Å². The Morgan fingerprint density at radius 1 is 1.41 bits per heavy atom. The average molecular weight is 263 g/mol. The topological polar surface area (TPSA) is 69.6 Å². The average Bonchev–Trinajstić information content (AvgIpc) is 2.72. The third-order valence-corrected chi connectivity index (χ3v) is 2.73. The van der Waals surface area contributed by atoms with Gasteiger partial charge in [0.15, 0.2) is 5.69 Å². The summed E-state index contributed by atoms with van der Waals surface area (Å²) in [5.74, 6) is 0. The normalized spacial score (nSPS) is 12.0. The van der Waals surface area contributed by atoms with Gasteiger partial charge >= 0.3 is 6.18 Å². The van der Waals surface area contributed by atoms with Crippen LogP contribution in [0, 0.1) is 6.92 Å². The summed E-state index contributed by atoms with van der Waals surface area (Å²) in [5, 5.41) is 11.6. The highest BCUT2D eigenvalue weighted by Gasteiger charge is 2.35. The van der Waals surface area contributed by atoms with Crippen LogP contribution in [0.5, 0.6) is 0 Å². The minimum Gasteiger partial charge on any atom is -0.374 e. The number of nitrogen functional groups attached to an aromatic ring is 1. The van der Waals surface area contributed by atoms with E-state index in [1.165, 1.54) is 17.8 Å². The van der Waals surface area contributed by atoms with Crippen LogP contribution >= 0.6 is 11.3 Å². The second-order valence-electron chi connectivity index (χ2n) is 3.39. The van der Waals surface area contributed by atoms with Gasteiger partial charge in [-0.3, -0.25) is 4.68 Å². The van der Waals surface area contributed by atoms with Crippen LogP contribution in [0.15, 0.2) is 6.20 Å². The SMILES string of the molecule is Cc1cn(Cc2nnc(N)s2)nc1C(F)(F)F. The van der Waals surface area contributed by atoms with Crippen molar-refractivity contribution in [2.75, 3.05) is 5.73 Å². The predicted molar refractivity (Wildman–Crippen MR) is 55.4 cm³/mol. The van der Waals surface area contributed by atoms with Gasteiger partial charge < -0.3 is 5.73 Å². The van der Waals surface area contributed by atoms with Crippen molar-refractivity contribution in [3.8, 4) is 0 Å². The van der Waals surface area contributed by atoms with Crippen LogP contribution in [0.1, 0.15) is 16.3 Å². The summed E-state index contributed by atoms with van der Waals surface area (Å²) in [6, 6.07) is 0. The van der Waals surface area contributed by atoms with Gasteiger partial charge in [-0.1, -0.05) is 11.3 Å². The van der Waals surface area contributed by atoms with Gasteiger partial charge in [0, 0.05) is 6.20 Å². The first kappa shape index (κ1) is 11.8. The number of hydrogen-bond donors (Lipinski definition) is 1. The largest absolute Gasteiger partial charge is 0.435 e. The molecule has 2 heterocycles. The molecule has 0 saturated carbocycles. The van der Waals surface area contributed by atoms with E-state index in [0.717, 1.165) is 11.3 Å². The number of hydrogen-bond acceptors (Lipinski definition) is 5.